The van der Waals surface area contributed by atoms with Gasteiger partial charge < -0.3 is 10.1 Å². The van der Waals surface area contributed by atoms with Gasteiger partial charge in [0.25, 0.3) is 5.69 Å². The molecule has 19 heavy (non-hydrogen) atoms. The first-order valence-electron chi connectivity index (χ1n) is 6.21. The molecule has 2 rings (SSSR count). The summed E-state index contributed by atoms with van der Waals surface area (Å²) in [7, 11) is 0. The van der Waals surface area contributed by atoms with E-state index in [9.17, 15) is 10.1 Å². The Morgan fingerprint density at radius 3 is 2.84 bits per heavy atom. The molecule has 0 atom stereocenters. The summed E-state index contributed by atoms with van der Waals surface area (Å²) in [4.78, 5) is 10.2. The highest BCUT2D eigenvalue weighted by Crippen LogP contribution is 2.23. The fourth-order valence-electron chi connectivity index (χ4n) is 2.10. The molecule has 6 nitrogen and oxygen atoms in total. The van der Waals surface area contributed by atoms with Crippen molar-refractivity contribution in [3.8, 4) is 6.07 Å². The minimum Gasteiger partial charge on any atom is -0.384 e. The largest absolute Gasteiger partial charge is 0.384 e. The van der Waals surface area contributed by atoms with Crippen LogP contribution in [0.5, 0.6) is 0 Å². The number of nitrogens with zero attached hydrogens (tertiary/aromatic N) is 2. The molecule has 0 amide bonds. The summed E-state index contributed by atoms with van der Waals surface area (Å²) < 4.78 is 5.28. The van der Waals surface area contributed by atoms with Crippen molar-refractivity contribution in [3.05, 3.63) is 33.9 Å². The van der Waals surface area contributed by atoms with E-state index < -0.39 is 4.92 Å². The molecule has 0 saturated carbocycles. The van der Waals surface area contributed by atoms with E-state index in [4.69, 9.17) is 10.00 Å². The van der Waals surface area contributed by atoms with Crippen LogP contribution >= 0.6 is 0 Å². The number of nitro benzene ring substituents is 1. The number of nitro groups is 1. The summed E-state index contributed by atoms with van der Waals surface area (Å²) in [5, 5.41) is 22.9. The van der Waals surface area contributed by atoms with Crippen LogP contribution in [0.3, 0.4) is 0 Å². The van der Waals surface area contributed by atoms with Gasteiger partial charge in [-0.1, -0.05) is 0 Å². The summed E-state index contributed by atoms with van der Waals surface area (Å²) >= 11 is 0. The molecule has 0 aromatic heterocycles. The van der Waals surface area contributed by atoms with Gasteiger partial charge in [-0.3, -0.25) is 10.1 Å². The molecule has 1 N–H and O–H groups in total. The topological polar surface area (TPSA) is 88.2 Å². The monoisotopic (exact) mass is 261 g/mol. The van der Waals surface area contributed by atoms with Crippen LogP contribution in [0.15, 0.2) is 18.2 Å². The Kier molecular flexibility index (Phi) is 4.31. The van der Waals surface area contributed by atoms with Crippen LogP contribution in [-0.2, 0) is 4.74 Å². The van der Waals surface area contributed by atoms with Gasteiger partial charge in [-0.05, 0) is 24.8 Å². The summed E-state index contributed by atoms with van der Waals surface area (Å²) in [5.74, 6) is 0.524. The van der Waals surface area contributed by atoms with Crippen LogP contribution in [0, 0.1) is 27.4 Å². The molecule has 0 bridgehead atoms. The number of anilines is 1. The molecule has 100 valence electrons. The Hall–Kier alpha value is -2.13. The van der Waals surface area contributed by atoms with Crippen molar-refractivity contribution in [2.24, 2.45) is 5.92 Å². The number of ether oxygens (including phenoxy) is 1. The molecule has 1 aromatic rings. The van der Waals surface area contributed by atoms with Crippen molar-refractivity contribution in [1.82, 2.24) is 0 Å². The average Bonchev–Trinajstić information content (AvgIpc) is 2.45. The predicted molar refractivity (Wildman–Crippen MR) is 69.8 cm³/mol. The molecule has 0 radical (unpaired) electrons. The minimum absolute atomic E-state index is 0.0619. The summed E-state index contributed by atoms with van der Waals surface area (Å²) in [6.45, 7) is 2.31. The Balaban J connectivity index is 2.03. The second kappa shape index (κ2) is 6.16. The summed E-state index contributed by atoms with van der Waals surface area (Å²) in [6, 6.07) is 6.29. The van der Waals surface area contributed by atoms with Gasteiger partial charge in [-0.2, -0.15) is 5.26 Å². The van der Waals surface area contributed by atoms with Crippen LogP contribution in [-0.4, -0.2) is 24.7 Å². The number of hydrogen-bond acceptors (Lipinski definition) is 5. The minimum atomic E-state index is -0.497. The van der Waals surface area contributed by atoms with E-state index in [1.54, 1.807) is 6.07 Å². The fraction of sp³-hybridized carbons (Fsp3) is 0.462. The van der Waals surface area contributed by atoms with Crippen LogP contribution in [0.25, 0.3) is 0 Å². The SMILES string of the molecule is N#Cc1cc([N+](=O)[O-])ccc1NCC1CCOCC1. The van der Waals surface area contributed by atoms with Gasteiger partial charge >= 0.3 is 0 Å². The molecule has 1 fully saturated rings. The lowest BCUT2D eigenvalue weighted by Gasteiger charge is -2.22. The third-order valence-corrected chi connectivity index (χ3v) is 3.26. The van der Waals surface area contributed by atoms with Crippen molar-refractivity contribution in [2.45, 2.75) is 12.8 Å². The van der Waals surface area contributed by atoms with E-state index in [1.807, 2.05) is 6.07 Å². The first kappa shape index (κ1) is 13.3. The average molecular weight is 261 g/mol. The van der Waals surface area contributed by atoms with Crippen LogP contribution in [0.4, 0.5) is 11.4 Å². The van der Waals surface area contributed by atoms with Gasteiger partial charge in [-0.25, -0.2) is 0 Å². The van der Waals surface area contributed by atoms with E-state index in [0.29, 0.717) is 17.2 Å². The van der Waals surface area contributed by atoms with E-state index >= 15 is 0 Å². The Morgan fingerprint density at radius 2 is 2.21 bits per heavy atom. The number of non-ortho nitro benzene ring substituents is 1. The first-order chi connectivity index (χ1) is 9.20. The van der Waals surface area contributed by atoms with Gasteiger partial charge in [0.2, 0.25) is 0 Å². The van der Waals surface area contributed by atoms with Gasteiger partial charge in [0.05, 0.1) is 16.2 Å². The van der Waals surface area contributed by atoms with Crippen LogP contribution < -0.4 is 5.32 Å². The molecular weight excluding hydrogens is 246 g/mol. The lowest BCUT2D eigenvalue weighted by molar-refractivity contribution is -0.384. The van der Waals surface area contributed by atoms with E-state index in [1.165, 1.54) is 12.1 Å². The smallest absolute Gasteiger partial charge is 0.270 e. The van der Waals surface area contributed by atoms with Crippen LogP contribution in [0.1, 0.15) is 18.4 Å². The van der Waals surface area contributed by atoms with E-state index in [-0.39, 0.29) is 5.69 Å². The van der Waals surface area contributed by atoms with Gasteiger partial charge in [0.15, 0.2) is 0 Å². The highest BCUT2D eigenvalue weighted by Gasteiger charge is 2.15. The highest BCUT2D eigenvalue weighted by atomic mass is 16.6. The Morgan fingerprint density at radius 1 is 1.47 bits per heavy atom. The fourth-order valence-corrected chi connectivity index (χ4v) is 2.10. The Labute approximate surface area is 111 Å². The zero-order chi connectivity index (χ0) is 13.7. The predicted octanol–water partition coefficient (Wildman–Crippen LogP) is 2.30. The number of nitrogens with one attached hydrogen (secondary N) is 1. The molecule has 0 spiro atoms. The maximum absolute atomic E-state index is 10.6. The van der Waals surface area contributed by atoms with Crippen LogP contribution in [0.2, 0.25) is 0 Å². The third-order valence-electron chi connectivity index (χ3n) is 3.26. The molecule has 0 aliphatic carbocycles. The maximum atomic E-state index is 10.6. The van der Waals surface area contributed by atoms with E-state index in [2.05, 4.69) is 5.32 Å². The molecular formula is C13H15N3O3. The van der Waals surface area contributed by atoms with Crippen molar-refractivity contribution in [1.29, 1.82) is 5.26 Å². The highest BCUT2D eigenvalue weighted by molar-refractivity contribution is 5.61. The second-order valence-electron chi connectivity index (χ2n) is 4.54. The third kappa shape index (κ3) is 3.42. The second-order valence-corrected chi connectivity index (χ2v) is 4.54. The molecule has 1 aliphatic heterocycles. The Bertz CT molecular complexity index is 504. The first-order valence-corrected chi connectivity index (χ1v) is 6.21. The number of nitriles is 1. The molecule has 1 heterocycles. The molecule has 0 unspecified atom stereocenters. The normalized spacial score (nSPS) is 15.7. The quantitative estimate of drug-likeness (QED) is 0.663. The summed E-state index contributed by atoms with van der Waals surface area (Å²) in [6.07, 6.45) is 2.00. The van der Waals surface area contributed by atoms with Crippen molar-refractivity contribution in [3.63, 3.8) is 0 Å². The number of hydrogen-bond donors (Lipinski definition) is 1. The number of rotatable bonds is 4. The lowest BCUT2D eigenvalue weighted by atomic mass is 10.00. The molecule has 1 aliphatic rings. The van der Waals surface area contributed by atoms with Gasteiger partial charge in [0.1, 0.15) is 6.07 Å². The maximum Gasteiger partial charge on any atom is 0.270 e. The molecule has 6 heteroatoms. The van der Waals surface area contributed by atoms with Crippen molar-refractivity contribution in [2.75, 3.05) is 25.1 Å². The zero-order valence-electron chi connectivity index (χ0n) is 10.5. The summed E-state index contributed by atoms with van der Waals surface area (Å²) in [5.41, 5.74) is 0.897. The van der Waals surface area contributed by atoms with Crippen molar-refractivity contribution < 1.29 is 9.66 Å². The lowest BCUT2D eigenvalue weighted by Crippen LogP contribution is -2.22. The standard InChI is InChI=1S/C13H15N3O3/c14-8-11-7-12(16(17)18)1-2-13(11)15-9-10-3-5-19-6-4-10/h1-2,7,10,15H,3-6,9H2. The van der Waals surface area contributed by atoms with E-state index in [0.717, 1.165) is 32.6 Å². The van der Waals surface area contributed by atoms with Gasteiger partial charge in [0, 0.05) is 31.9 Å². The molecule has 1 saturated heterocycles. The van der Waals surface area contributed by atoms with Crippen molar-refractivity contribution >= 4 is 11.4 Å². The zero-order valence-corrected chi connectivity index (χ0v) is 10.5. The molecule has 1 aromatic carbocycles. The van der Waals surface area contributed by atoms with Gasteiger partial charge in [-0.15, -0.1) is 0 Å². The number of benzene rings is 1.